The SMILES string of the molecule is CCOc1ccc(OC(C)C(=O)Nc2ccc(C3=CSC4=NCCN34)cc2)cc1. The second-order valence-corrected chi connectivity index (χ2v) is 7.50. The van der Waals surface area contributed by atoms with Gasteiger partial charge in [-0.15, -0.1) is 0 Å². The largest absolute Gasteiger partial charge is 0.494 e. The van der Waals surface area contributed by atoms with E-state index in [1.54, 1.807) is 30.8 Å². The van der Waals surface area contributed by atoms with E-state index in [4.69, 9.17) is 9.47 Å². The Bertz CT molecular complexity index is 939. The van der Waals surface area contributed by atoms with Crippen LogP contribution in [0.15, 0.2) is 58.9 Å². The number of amidine groups is 1. The van der Waals surface area contributed by atoms with Crippen molar-refractivity contribution >= 4 is 34.2 Å². The van der Waals surface area contributed by atoms with Gasteiger partial charge in [0.05, 0.1) is 18.8 Å². The second-order valence-electron chi connectivity index (χ2n) is 6.67. The lowest BCUT2D eigenvalue weighted by atomic mass is 10.1. The van der Waals surface area contributed by atoms with Gasteiger partial charge in [0, 0.05) is 17.6 Å². The van der Waals surface area contributed by atoms with E-state index >= 15 is 0 Å². The van der Waals surface area contributed by atoms with E-state index in [1.807, 2.05) is 43.3 Å². The number of rotatable bonds is 7. The number of ether oxygens (including phenoxy) is 2. The Morgan fingerprint density at radius 3 is 2.62 bits per heavy atom. The normalized spacial score (nSPS) is 16.0. The molecule has 6 nitrogen and oxygen atoms in total. The van der Waals surface area contributed by atoms with Crippen LogP contribution in [0, 0.1) is 0 Å². The molecule has 1 N–H and O–H groups in total. The van der Waals surface area contributed by atoms with Gasteiger partial charge in [-0.05, 0) is 55.8 Å². The summed E-state index contributed by atoms with van der Waals surface area (Å²) in [5.74, 6) is 1.21. The lowest BCUT2D eigenvalue weighted by Crippen LogP contribution is -2.30. The number of nitrogens with one attached hydrogen (secondary N) is 1. The van der Waals surface area contributed by atoms with E-state index in [0.717, 1.165) is 41.0 Å². The van der Waals surface area contributed by atoms with Crippen LogP contribution in [0.4, 0.5) is 5.69 Å². The molecule has 0 bridgehead atoms. The van der Waals surface area contributed by atoms with Crippen molar-refractivity contribution in [1.29, 1.82) is 0 Å². The number of hydrogen-bond donors (Lipinski definition) is 1. The number of benzene rings is 2. The van der Waals surface area contributed by atoms with E-state index in [2.05, 4.69) is 20.6 Å². The number of aliphatic imine (C=N–C) groups is 1. The van der Waals surface area contributed by atoms with Crippen molar-refractivity contribution in [2.24, 2.45) is 4.99 Å². The van der Waals surface area contributed by atoms with Crippen LogP contribution in [0.2, 0.25) is 0 Å². The van der Waals surface area contributed by atoms with Crippen LogP contribution in [-0.2, 0) is 4.79 Å². The number of fused-ring (bicyclic) bond motifs is 1. The van der Waals surface area contributed by atoms with E-state index in [1.165, 1.54) is 0 Å². The predicted molar refractivity (Wildman–Crippen MR) is 117 cm³/mol. The fourth-order valence-electron chi connectivity index (χ4n) is 3.15. The molecule has 2 aliphatic rings. The summed E-state index contributed by atoms with van der Waals surface area (Å²) >= 11 is 1.66. The van der Waals surface area contributed by atoms with Crippen molar-refractivity contribution in [2.45, 2.75) is 20.0 Å². The highest BCUT2D eigenvalue weighted by atomic mass is 32.2. The van der Waals surface area contributed by atoms with Crippen molar-refractivity contribution in [3.63, 3.8) is 0 Å². The third kappa shape index (κ3) is 4.40. The summed E-state index contributed by atoms with van der Waals surface area (Å²) in [5, 5.41) is 6.10. The van der Waals surface area contributed by atoms with Crippen molar-refractivity contribution in [2.75, 3.05) is 25.0 Å². The average Bonchev–Trinajstić information content (AvgIpc) is 3.34. The van der Waals surface area contributed by atoms with Gasteiger partial charge in [0.2, 0.25) is 0 Å². The van der Waals surface area contributed by atoms with Crippen LogP contribution < -0.4 is 14.8 Å². The summed E-state index contributed by atoms with van der Waals surface area (Å²) in [6.45, 7) is 6.05. The quantitative estimate of drug-likeness (QED) is 0.742. The molecule has 4 rings (SSSR count). The fraction of sp³-hybridized carbons (Fsp3) is 0.273. The maximum atomic E-state index is 12.5. The van der Waals surface area contributed by atoms with Gasteiger partial charge in [0.25, 0.3) is 5.91 Å². The molecule has 7 heteroatoms. The van der Waals surface area contributed by atoms with Gasteiger partial charge in [-0.1, -0.05) is 23.9 Å². The maximum absolute atomic E-state index is 12.5. The third-order valence-corrected chi connectivity index (χ3v) is 5.53. The van der Waals surface area contributed by atoms with E-state index < -0.39 is 6.10 Å². The third-order valence-electron chi connectivity index (χ3n) is 4.63. The molecule has 0 fully saturated rings. The van der Waals surface area contributed by atoms with Gasteiger partial charge in [-0.2, -0.15) is 0 Å². The monoisotopic (exact) mass is 409 g/mol. The first kappa shape index (κ1) is 19.4. The Balaban J connectivity index is 1.33. The fourth-order valence-corrected chi connectivity index (χ4v) is 4.12. The second kappa shape index (κ2) is 8.61. The molecule has 150 valence electrons. The molecule has 0 aliphatic carbocycles. The summed E-state index contributed by atoms with van der Waals surface area (Å²) in [6, 6.07) is 15.1. The van der Waals surface area contributed by atoms with E-state index in [0.29, 0.717) is 12.4 Å². The number of carbonyl (C=O) groups is 1. The lowest BCUT2D eigenvalue weighted by Gasteiger charge is -2.17. The Labute approximate surface area is 174 Å². The van der Waals surface area contributed by atoms with Gasteiger partial charge in [0.1, 0.15) is 11.5 Å². The highest BCUT2D eigenvalue weighted by Gasteiger charge is 2.27. The summed E-state index contributed by atoms with van der Waals surface area (Å²) in [4.78, 5) is 19.2. The van der Waals surface area contributed by atoms with Crippen molar-refractivity contribution in [3.05, 3.63) is 59.5 Å². The number of hydrogen-bond acceptors (Lipinski definition) is 6. The van der Waals surface area contributed by atoms with Crippen LogP contribution in [0.3, 0.4) is 0 Å². The number of carbonyl (C=O) groups excluding carboxylic acids is 1. The summed E-state index contributed by atoms with van der Waals surface area (Å²) in [5.41, 5.74) is 3.01. The molecular weight excluding hydrogens is 386 g/mol. The van der Waals surface area contributed by atoms with Gasteiger partial charge >= 0.3 is 0 Å². The van der Waals surface area contributed by atoms with Gasteiger partial charge in [-0.3, -0.25) is 9.79 Å². The maximum Gasteiger partial charge on any atom is 0.265 e. The van der Waals surface area contributed by atoms with Crippen molar-refractivity contribution in [1.82, 2.24) is 4.90 Å². The predicted octanol–water partition coefficient (Wildman–Crippen LogP) is 4.21. The van der Waals surface area contributed by atoms with Gasteiger partial charge < -0.3 is 19.7 Å². The first-order chi connectivity index (χ1) is 14.1. The molecule has 0 spiro atoms. The molecule has 29 heavy (non-hydrogen) atoms. The molecule has 2 aromatic carbocycles. The molecule has 2 aliphatic heterocycles. The van der Waals surface area contributed by atoms with Crippen molar-refractivity contribution in [3.8, 4) is 11.5 Å². The average molecular weight is 410 g/mol. The van der Waals surface area contributed by atoms with Crippen molar-refractivity contribution < 1.29 is 14.3 Å². The molecule has 0 saturated carbocycles. The molecular formula is C22H23N3O3S. The highest BCUT2D eigenvalue weighted by Crippen LogP contribution is 2.35. The lowest BCUT2D eigenvalue weighted by molar-refractivity contribution is -0.122. The number of nitrogens with zero attached hydrogens (tertiary/aromatic N) is 2. The van der Waals surface area contributed by atoms with E-state index in [-0.39, 0.29) is 5.91 Å². The molecule has 2 heterocycles. The van der Waals surface area contributed by atoms with E-state index in [9.17, 15) is 4.79 Å². The molecule has 1 atom stereocenters. The Morgan fingerprint density at radius 1 is 1.17 bits per heavy atom. The minimum Gasteiger partial charge on any atom is -0.494 e. The number of anilines is 1. The summed E-state index contributed by atoms with van der Waals surface area (Å²) in [7, 11) is 0. The molecule has 2 aromatic rings. The van der Waals surface area contributed by atoms with Crippen LogP contribution in [0.5, 0.6) is 11.5 Å². The van der Waals surface area contributed by atoms with Crippen LogP contribution in [-0.4, -0.2) is 41.8 Å². The Morgan fingerprint density at radius 2 is 1.90 bits per heavy atom. The Hall–Kier alpha value is -2.93. The molecule has 0 saturated heterocycles. The molecule has 0 aromatic heterocycles. The first-order valence-electron chi connectivity index (χ1n) is 9.63. The highest BCUT2D eigenvalue weighted by molar-refractivity contribution is 8.16. The standard InChI is InChI=1S/C22H23N3O3S/c1-3-27-18-8-10-19(11-9-18)28-15(2)21(26)24-17-6-4-16(5-7-17)20-14-29-22-23-12-13-25(20)22/h4-11,14-15H,3,12-13H2,1-2H3,(H,24,26). The Kier molecular flexibility index (Phi) is 5.76. The first-order valence-corrected chi connectivity index (χ1v) is 10.5. The minimum atomic E-state index is -0.620. The van der Waals surface area contributed by atoms with Crippen LogP contribution in [0.25, 0.3) is 5.70 Å². The van der Waals surface area contributed by atoms with Gasteiger partial charge in [-0.25, -0.2) is 0 Å². The molecule has 1 unspecified atom stereocenters. The molecule has 1 amide bonds. The summed E-state index contributed by atoms with van der Waals surface area (Å²) in [6.07, 6.45) is -0.620. The zero-order valence-electron chi connectivity index (χ0n) is 16.4. The van der Waals surface area contributed by atoms with Crippen LogP contribution in [0.1, 0.15) is 19.4 Å². The zero-order chi connectivity index (χ0) is 20.2. The zero-order valence-corrected chi connectivity index (χ0v) is 17.2. The number of amides is 1. The summed E-state index contributed by atoms with van der Waals surface area (Å²) < 4.78 is 11.1. The number of thioether (sulfide) groups is 1. The molecule has 0 radical (unpaired) electrons. The topological polar surface area (TPSA) is 63.2 Å². The van der Waals surface area contributed by atoms with Gasteiger partial charge in [0.15, 0.2) is 11.3 Å². The smallest absolute Gasteiger partial charge is 0.265 e. The van der Waals surface area contributed by atoms with Crippen LogP contribution >= 0.6 is 11.8 Å². The minimum absolute atomic E-state index is 0.198.